The third-order valence-electron chi connectivity index (χ3n) is 19.7. The number of ether oxygens (including phenoxy) is 2. The lowest BCUT2D eigenvalue weighted by Crippen LogP contribution is -2.61. The molecule has 10 amide bonds. The highest BCUT2D eigenvalue weighted by Gasteiger charge is 2.47. The second-order valence-corrected chi connectivity index (χ2v) is 26.1. The number of benzene rings is 2. The maximum absolute atomic E-state index is 15.3. The van der Waals surface area contributed by atoms with E-state index in [4.69, 9.17) is 24.6 Å². The molecular weight excluding hydrogens is 1220 g/mol. The molecule has 5 aliphatic heterocycles. The van der Waals surface area contributed by atoms with Gasteiger partial charge in [0.15, 0.2) is 11.3 Å². The minimum absolute atomic E-state index is 0.0707. The number of hydrogen-bond acceptors (Lipinski definition) is 18. The highest BCUT2D eigenvalue weighted by Crippen LogP contribution is 2.36. The van der Waals surface area contributed by atoms with Gasteiger partial charge in [-0.3, -0.25) is 52.7 Å². The van der Waals surface area contributed by atoms with Crippen LogP contribution >= 0.6 is 0 Å². The van der Waals surface area contributed by atoms with Crippen LogP contribution in [0, 0.1) is 37.5 Å². The van der Waals surface area contributed by atoms with Crippen LogP contribution in [0.4, 0.5) is 5.69 Å². The van der Waals surface area contributed by atoms with Gasteiger partial charge in [0.1, 0.15) is 71.8 Å². The Kier molecular flexibility index (Phi) is 23.3. The van der Waals surface area contributed by atoms with E-state index in [2.05, 4.69) is 21.3 Å². The van der Waals surface area contributed by atoms with Gasteiger partial charge in [-0.15, -0.1) is 0 Å². The predicted molar refractivity (Wildman–Crippen MR) is 344 cm³/mol. The van der Waals surface area contributed by atoms with Gasteiger partial charge in [-0.25, -0.2) is 14.6 Å². The number of nitrogens with one attached hydrogen (secondary N) is 4. The fourth-order valence-electron chi connectivity index (χ4n) is 12.9. The molecule has 1 aliphatic carbocycles. The lowest BCUT2D eigenvalue weighted by molar-refractivity contribution is -0.163. The number of nitrogens with zero attached hydrogens (tertiary/aromatic N) is 7. The van der Waals surface area contributed by atoms with Gasteiger partial charge in [0.05, 0.1) is 29.9 Å². The fraction of sp³-hybridized carbons (Fsp3) is 0.636. The average Bonchev–Trinajstić information content (AvgIpc) is 0.867. The molecule has 0 radical (unpaired) electrons. The van der Waals surface area contributed by atoms with Gasteiger partial charge in [0.2, 0.25) is 52.7 Å². The molecule has 4 saturated heterocycles. The number of nitrogens with two attached hydrogens (primary N) is 1. The average molecular weight is 1310 g/mol. The minimum atomic E-state index is -1.88. The molecule has 6 N–H and O–H groups in total. The summed E-state index contributed by atoms with van der Waals surface area (Å²) in [4.78, 5) is 202. The third-order valence-corrected chi connectivity index (χ3v) is 19.7. The monoisotopic (exact) mass is 1310 g/mol. The number of aryl methyl sites for hydroxylation is 1. The van der Waals surface area contributed by atoms with Crippen LogP contribution in [0.3, 0.4) is 0 Å². The predicted octanol–water partition coefficient (Wildman–Crippen LogP) is 2.29. The molecule has 14 unspecified atom stereocenters. The Morgan fingerprint density at radius 1 is 0.617 bits per heavy atom. The molecule has 4 fully saturated rings. The first kappa shape index (κ1) is 72.7. The summed E-state index contributed by atoms with van der Waals surface area (Å²) in [6.07, 6.45) is -0.146. The summed E-state index contributed by atoms with van der Waals surface area (Å²) in [6.45, 7) is 19.2. The van der Waals surface area contributed by atoms with E-state index in [1.807, 2.05) is 13.8 Å². The lowest BCUT2D eigenvalue weighted by Gasteiger charge is -2.36. The number of carbonyl (C=O) groups is 12. The van der Waals surface area contributed by atoms with Crippen LogP contribution in [-0.4, -0.2) is 220 Å². The first-order valence-electron chi connectivity index (χ1n) is 32.7. The van der Waals surface area contributed by atoms with Crippen molar-refractivity contribution in [2.45, 2.75) is 195 Å². The van der Waals surface area contributed by atoms with E-state index in [0.717, 1.165) is 4.90 Å². The van der Waals surface area contributed by atoms with E-state index >= 15 is 19.2 Å². The van der Waals surface area contributed by atoms with Crippen LogP contribution in [0.25, 0.3) is 22.6 Å². The van der Waals surface area contributed by atoms with Crippen LogP contribution in [-0.2, 0) is 57.4 Å². The summed E-state index contributed by atoms with van der Waals surface area (Å²) in [5.41, 5.74) is 3.68. The topological polar surface area (TPSA) is 360 Å². The quantitative estimate of drug-likeness (QED) is 0.0986. The van der Waals surface area contributed by atoms with E-state index in [1.165, 1.54) is 85.6 Å². The smallest absolute Gasteiger partial charge is 0.329 e. The minimum Gasteiger partial charge on any atom is -0.458 e. The van der Waals surface area contributed by atoms with Gasteiger partial charge in [0, 0.05) is 46.8 Å². The summed E-state index contributed by atoms with van der Waals surface area (Å²) in [5, 5.41) is 10.9. The Morgan fingerprint density at radius 3 is 1.45 bits per heavy atom. The number of esters is 2. The van der Waals surface area contributed by atoms with E-state index < -0.39 is 191 Å². The van der Waals surface area contributed by atoms with E-state index in [0.29, 0.717) is 44.1 Å². The number of amides is 10. The number of likely N-dealkylation sites (N-methyl/N-ethyl adjacent to an activating group) is 4. The van der Waals surface area contributed by atoms with E-state index in [-0.39, 0.29) is 53.9 Å². The standard InChI is InChI=1S/C66H94N12O16/c1-17-31(5)46-63(88)77-27-21-23-40(77)61(86)73(13)29-42(79)75(15)52(33(7)19-3)65(90)92-37(11)48(59(84)69-46)71-57(82)39-26-25-35(9)55-50(39)68-51-44(45(67)54(81)36(10)56(51)94-55)58(83)72-49-38(12)93-66(91)53(34(8)20-4)76(16)43(80)30-74(14)62(87)41-24-22-28-78(41)64(89)47(32(6)18-2)70-60(49)85/h25-26,31-34,37-38,40-41,46-49,52-53H,17-24,27-30,67H2,1-16H3,(H,69,84)(H,70,85)(H,71,82)(H,72,83). The summed E-state index contributed by atoms with van der Waals surface area (Å²) in [6, 6.07) is -7.83. The fourth-order valence-corrected chi connectivity index (χ4v) is 12.9. The van der Waals surface area contributed by atoms with Gasteiger partial charge >= 0.3 is 11.9 Å². The normalized spacial score (nSPS) is 26.8. The van der Waals surface area contributed by atoms with Gasteiger partial charge in [-0.1, -0.05) is 87.1 Å². The first-order chi connectivity index (χ1) is 44.3. The van der Waals surface area contributed by atoms with Crippen molar-refractivity contribution in [3.63, 3.8) is 0 Å². The molecule has 0 spiro atoms. The lowest BCUT2D eigenvalue weighted by atomic mass is 9.96. The highest BCUT2D eigenvalue weighted by atomic mass is 16.6. The molecule has 14 atom stereocenters. The van der Waals surface area contributed by atoms with Crippen LogP contribution in [0.5, 0.6) is 0 Å². The van der Waals surface area contributed by atoms with Crippen molar-refractivity contribution in [1.29, 1.82) is 0 Å². The van der Waals surface area contributed by atoms with Crippen molar-refractivity contribution in [3.8, 4) is 11.5 Å². The molecule has 1 aromatic carbocycles. The molecule has 514 valence electrons. The summed E-state index contributed by atoms with van der Waals surface area (Å²) in [7, 11) is 5.67. The Morgan fingerprint density at radius 2 is 1.03 bits per heavy atom. The molecule has 0 bridgehead atoms. The second kappa shape index (κ2) is 30.1. The number of hydrogen-bond donors (Lipinski definition) is 5. The molecule has 7 rings (SSSR count). The number of carbonyl (C=O) groups excluding carboxylic acids is 12. The maximum atomic E-state index is 15.3. The number of anilines is 1. The molecule has 1 aromatic rings. The molecule has 5 heterocycles. The van der Waals surface area contributed by atoms with Crippen molar-refractivity contribution in [3.05, 3.63) is 44.6 Å². The highest BCUT2D eigenvalue weighted by molar-refractivity contribution is 6.10. The van der Waals surface area contributed by atoms with Crippen LogP contribution in [0.2, 0.25) is 0 Å². The van der Waals surface area contributed by atoms with Crippen LogP contribution in [0.15, 0.2) is 21.3 Å². The van der Waals surface area contributed by atoms with E-state index in [1.54, 1.807) is 48.5 Å². The Labute approximate surface area is 547 Å². The van der Waals surface area contributed by atoms with Crippen molar-refractivity contribution >= 4 is 87.8 Å². The van der Waals surface area contributed by atoms with Gasteiger partial charge < -0.3 is 70.3 Å². The van der Waals surface area contributed by atoms with Gasteiger partial charge in [0.25, 0.3) is 11.8 Å². The molecule has 28 heteroatoms. The molecule has 0 aromatic heterocycles. The van der Waals surface area contributed by atoms with E-state index in [9.17, 15) is 43.2 Å². The maximum Gasteiger partial charge on any atom is 0.329 e. The number of cyclic esters (lactones) is 2. The zero-order valence-corrected chi connectivity index (χ0v) is 57.0. The zero-order valence-electron chi connectivity index (χ0n) is 57.0. The Balaban J connectivity index is 1.34. The Bertz CT molecular complexity index is 3500. The Hall–Kier alpha value is -8.72. The van der Waals surface area contributed by atoms with Crippen molar-refractivity contribution < 1.29 is 71.4 Å². The molecule has 6 aliphatic rings. The molecule has 0 saturated carbocycles. The van der Waals surface area contributed by atoms with Crippen LogP contribution < -0.4 is 32.4 Å². The summed E-state index contributed by atoms with van der Waals surface area (Å²) in [5.74, 6) is -12.0. The first-order valence-corrected chi connectivity index (χ1v) is 32.7. The molecule has 28 nitrogen and oxygen atoms in total. The number of nitrogen functional groups attached to an aromatic ring is 1. The molecule has 94 heavy (non-hydrogen) atoms. The summed E-state index contributed by atoms with van der Waals surface area (Å²) < 4.78 is 18.5. The number of aromatic nitrogens is 1. The second-order valence-electron chi connectivity index (χ2n) is 26.1. The van der Waals surface area contributed by atoms with Crippen LogP contribution in [0.1, 0.15) is 152 Å². The number of fused-ring (bicyclic) bond motifs is 4. The summed E-state index contributed by atoms with van der Waals surface area (Å²) >= 11 is 0. The van der Waals surface area contributed by atoms with Crippen molar-refractivity contribution in [1.82, 2.24) is 55.7 Å². The van der Waals surface area contributed by atoms with Gasteiger partial charge in [-0.05, 0) is 88.7 Å². The molecular formula is C66H94N12O16. The SMILES string of the molecule is CCC(C)C1NC(=O)C(NC(=O)c2c3nc4c(C(=O)NC5C(=O)NC(C(C)CC)C(=O)N6CCCC6C(=O)N(C)CC(=O)N(C)C(C(C)CC)C(=O)OC5C)ccc(C)c4oc-3c(C)c(=O)c2N)C(C)OC(=O)C(C(C)CC)N(C)C(=O)CN(C)C(=O)C2CCCN2C1=O. The zero-order chi connectivity index (χ0) is 69.8. The van der Waals surface area contributed by atoms with Crippen molar-refractivity contribution in [2.24, 2.45) is 23.7 Å². The number of rotatable bonds is 12. The van der Waals surface area contributed by atoms with Gasteiger partial charge in [-0.2, -0.15) is 0 Å². The largest absolute Gasteiger partial charge is 0.458 e. The third kappa shape index (κ3) is 14.6. The van der Waals surface area contributed by atoms with Crippen molar-refractivity contribution in [2.75, 3.05) is 60.1 Å².